The topological polar surface area (TPSA) is 29.9 Å². The van der Waals surface area contributed by atoms with Gasteiger partial charge in [-0.1, -0.05) is 19.1 Å². The third kappa shape index (κ3) is 3.27. The van der Waals surface area contributed by atoms with Crippen molar-refractivity contribution < 1.29 is 0 Å². The molecule has 1 aromatic carbocycles. The summed E-state index contributed by atoms with van der Waals surface area (Å²) in [5.41, 5.74) is 3.37. The molecule has 4 heteroatoms. The van der Waals surface area contributed by atoms with Crippen molar-refractivity contribution in [2.45, 2.75) is 26.4 Å². The summed E-state index contributed by atoms with van der Waals surface area (Å²) in [5.74, 6) is 0. The highest BCUT2D eigenvalue weighted by Gasteiger charge is 2.03. The van der Waals surface area contributed by atoms with E-state index in [0.717, 1.165) is 40.6 Å². The predicted molar refractivity (Wildman–Crippen MR) is 91.5 cm³/mol. The van der Waals surface area contributed by atoms with Gasteiger partial charge in [0.2, 0.25) is 0 Å². The number of anilines is 1. The molecular formula is C17H18BrN3. The molecule has 0 radical (unpaired) electrons. The lowest BCUT2D eigenvalue weighted by Crippen LogP contribution is -2.00. The number of nitrogens with zero attached hydrogens (tertiary/aromatic N) is 2. The van der Waals surface area contributed by atoms with E-state index >= 15 is 0 Å². The van der Waals surface area contributed by atoms with Crippen LogP contribution in [0.4, 0.5) is 5.69 Å². The SMILES string of the molecule is CCCn1ccc(CNc2cccc3cc(Br)cnc23)c1. The van der Waals surface area contributed by atoms with E-state index in [9.17, 15) is 0 Å². The third-order valence-corrected chi connectivity index (χ3v) is 3.89. The van der Waals surface area contributed by atoms with E-state index in [4.69, 9.17) is 0 Å². The zero-order chi connectivity index (χ0) is 14.7. The smallest absolute Gasteiger partial charge is 0.0934 e. The lowest BCUT2D eigenvalue weighted by atomic mass is 10.2. The molecule has 3 nitrogen and oxygen atoms in total. The second-order valence-electron chi connectivity index (χ2n) is 5.14. The molecule has 3 rings (SSSR count). The Labute approximate surface area is 133 Å². The van der Waals surface area contributed by atoms with E-state index in [-0.39, 0.29) is 0 Å². The van der Waals surface area contributed by atoms with Crippen LogP contribution in [-0.2, 0) is 13.1 Å². The maximum absolute atomic E-state index is 4.51. The number of aromatic nitrogens is 2. The summed E-state index contributed by atoms with van der Waals surface area (Å²) in [6, 6.07) is 10.5. The highest BCUT2D eigenvalue weighted by molar-refractivity contribution is 9.10. The first-order valence-corrected chi connectivity index (χ1v) is 7.98. The van der Waals surface area contributed by atoms with Crippen molar-refractivity contribution >= 4 is 32.5 Å². The van der Waals surface area contributed by atoms with Crippen LogP contribution >= 0.6 is 15.9 Å². The van der Waals surface area contributed by atoms with Gasteiger partial charge in [-0.05, 0) is 46.1 Å². The van der Waals surface area contributed by atoms with Gasteiger partial charge in [-0.25, -0.2) is 0 Å². The molecule has 0 saturated carbocycles. The van der Waals surface area contributed by atoms with Crippen LogP contribution in [-0.4, -0.2) is 9.55 Å². The van der Waals surface area contributed by atoms with Crippen molar-refractivity contribution in [3.63, 3.8) is 0 Å². The molecule has 3 aromatic rings. The monoisotopic (exact) mass is 343 g/mol. The Bertz CT molecular complexity index is 749. The number of fused-ring (bicyclic) bond motifs is 1. The van der Waals surface area contributed by atoms with E-state index in [1.54, 1.807) is 0 Å². The Hall–Kier alpha value is -1.81. The minimum absolute atomic E-state index is 0.813. The van der Waals surface area contributed by atoms with Crippen molar-refractivity contribution in [3.8, 4) is 0 Å². The Balaban J connectivity index is 1.78. The molecule has 0 aliphatic heterocycles. The largest absolute Gasteiger partial charge is 0.379 e. The number of rotatable bonds is 5. The molecule has 2 aromatic heterocycles. The van der Waals surface area contributed by atoms with Crippen molar-refractivity contribution in [3.05, 3.63) is 59.0 Å². The highest BCUT2D eigenvalue weighted by Crippen LogP contribution is 2.24. The number of pyridine rings is 1. The van der Waals surface area contributed by atoms with Gasteiger partial charge in [0.25, 0.3) is 0 Å². The summed E-state index contributed by atoms with van der Waals surface area (Å²) in [6.45, 7) is 4.08. The normalized spacial score (nSPS) is 11.0. The molecule has 21 heavy (non-hydrogen) atoms. The van der Waals surface area contributed by atoms with Gasteiger partial charge < -0.3 is 9.88 Å². The third-order valence-electron chi connectivity index (χ3n) is 3.45. The van der Waals surface area contributed by atoms with Crippen LogP contribution in [0.5, 0.6) is 0 Å². The lowest BCUT2D eigenvalue weighted by molar-refractivity contribution is 0.682. The molecule has 2 heterocycles. The summed E-state index contributed by atoms with van der Waals surface area (Å²) in [7, 11) is 0. The Kier molecular flexibility index (Phi) is 4.25. The zero-order valence-corrected chi connectivity index (χ0v) is 13.6. The first-order chi connectivity index (χ1) is 10.3. The maximum atomic E-state index is 4.51. The van der Waals surface area contributed by atoms with Gasteiger partial charge in [0.05, 0.1) is 11.2 Å². The van der Waals surface area contributed by atoms with Crippen molar-refractivity contribution in [2.75, 3.05) is 5.32 Å². The zero-order valence-electron chi connectivity index (χ0n) is 12.0. The van der Waals surface area contributed by atoms with Crippen LogP contribution in [0, 0.1) is 0 Å². The van der Waals surface area contributed by atoms with Crippen LogP contribution in [0.25, 0.3) is 10.9 Å². The molecule has 0 spiro atoms. The average molecular weight is 344 g/mol. The number of hydrogen-bond acceptors (Lipinski definition) is 2. The lowest BCUT2D eigenvalue weighted by Gasteiger charge is -2.08. The van der Waals surface area contributed by atoms with Crippen LogP contribution in [0.1, 0.15) is 18.9 Å². The van der Waals surface area contributed by atoms with Crippen LogP contribution < -0.4 is 5.32 Å². The summed E-state index contributed by atoms with van der Waals surface area (Å²) < 4.78 is 3.24. The molecule has 0 fully saturated rings. The second kappa shape index (κ2) is 6.31. The predicted octanol–water partition coefficient (Wildman–Crippen LogP) is 4.82. The minimum Gasteiger partial charge on any atom is -0.379 e. The summed E-state index contributed by atoms with van der Waals surface area (Å²) in [6.07, 6.45) is 7.33. The number of nitrogens with one attached hydrogen (secondary N) is 1. The fraction of sp³-hybridized carbons (Fsp3) is 0.235. The van der Waals surface area contributed by atoms with Crippen molar-refractivity contribution in [1.82, 2.24) is 9.55 Å². The first kappa shape index (κ1) is 14.1. The van der Waals surface area contributed by atoms with Crippen LogP contribution in [0.3, 0.4) is 0 Å². The Morgan fingerprint density at radius 2 is 2.19 bits per heavy atom. The number of para-hydroxylation sites is 1. The molecular weight excluding hydrogens is 326 g/mol. The number of halogens is 1. The first-order valence-electron chi connectivity index (χ1n) is 7.19. The summed E-state index contributed by atoms with van der Waals surface area (Å²) in [4.78, 5) is 4.51. The van der Waals surface area contributed by atoms with Gasteiger partial charge in [0, 0.05) is 41.5 Å². The Morgan fingerprint density at radius 3 is 3.05 bits per heavy atom. The van der Waals surface area contributed by atoms with Crippen LogP contribution in [0.2, 0.25) is 0 Å². The van der Waals surface area contributed by atoms with Gasteiger partial charge >= 0.3 is 0 Å². The fourth-order valence-corrected chi connectivity index (χ4v) is 2.82. The van der Waals surface area contributed by atoms with E-state index in [1.807, 2.05) is 6.20 Å². The fourth-order valence-electron chi connectivity index (χ4n) is 2.47. The molecule has 108 valence electrons. The van der Waals surface area contributed by atoms with E-state index < -0.39 is 0 Å². The minimum atomic E-state index is 0.813. The maximum Gasteiger partial charge on any atom is 0.0934 e. The van der Waals surface area contributed by atoms with Gasteiger partial charge in [-0.15, -0.1) is 0 Å². The van der Waals surface area contributed by atoms with Crippen molar-refractivity contribution in [2.24, 2.45) is 0 Å². The molecule has 1 N–H and O–H groups in total. The number of hydrogen-bond donors (Lipinski definition) is 1. The molecule has 0 unspecified atom stereocenters. The number of benzene rings is 1. The van der Waals surface area contributed by atoms with Crippen LogP contribution in [0.15, 0.2) is 53.4 Å². The summed E-state index contributed by atoms with van der Waals surface area (Å²) in [5, 5.41) is 4.62. The molecule has 0 atom stereocenters. The van der Waals surface area contributed by atoms with Gasteiger partial charge in [0.1, 0.15) is 0 Å². The Morgan fingerprint density at radius 1 is 1.29 bits per heavy atom. The van der Waals surface area contributed by atoms with Gasteiger partial charge in [0.15, 0.2) is 0 Å². The van der Waals surface area contributed by atoms with E-state index in [1.165, 1.54) is 5.56 Å². The summed E-state index contributed by atoms with van der Waals surface area (Å²) >= 11 is 3.46. The quantitative estimate of drug-likeness (QED) is 0.719. The average Bonchev–Trinajstić information content (AvgIpc) is 2.93. The second-order valence-corrected chi connectivity index (χ2v) is 6.06. The van der Waals surface area contributed by atoms with E-state index in [0.29, 0.717) is 0 Å². The standard InChI is InChI=1S/C17H18BrN3/c1-2-7-21-8-6-13(12-21)10-19-16-5-3-4-14-9-15(18)11-20-17(14)16/h3-6,8-9,11-12,19H,2,7,10H2,1H3. The molecule has 0 saturated heterocycles. The molecule has 0 amide bonds. The molecule has 0 aliphatic carbocycles. The molecule has 0 bridgehead atoms. The van der Waals surface area contributed by atoms with E-state index in [2.05, 4.69) is 80.4 Å². The highest BCUT2D eigenvalue weighted by atomic mass is 79.9. The van der Waals surface area contributed by atoms with Gasteiger partial charge in [-0.3, -0.25) is 4.98 Å². The van der Waals surface area contributed by atoms with Gasteiger partial charge in [-0.2, -0.15) is 0 Å². The van der Waals surface area contributed by atoms with Crippen molar-refractivity contribution in [1.29, 1.82) is 0 Å². The number of aryl methyl sites for hydroxylation is 1. The molecule has 0 aliphatic rings.